The first kappa shape index (κ1) is 33.4. The van der Waals surface area contributed by atoms with Crippen molar-refractivity contribution in [2.45, 2.75) is 90.8 Å². The first-order chi connectivity index (χ1) is 20.9. The predicted octanol–water partition coefficient (Wildman–Crippen LogP) is 4.93. The summed E-state index contributed by atoms with van der Waals surface area (Å²) in [6.45, 7) is 8.14. The van der Waals surface area contributed by atoms with E-state index in [0.29, 0.717) is 36.6 Å². The van der Waals surface area contributed by atoms with Crippen LogP contribution < -0.4 is 10.6 Å². The third-order valence-corrected chi connectivity index (χ3v) is 9.49. The van der Waals surface area contributed by atoms with Gasteiger partial charge in [0, 0.05) is 56.5 Å². The highest BCUT2D eigenvalue weighted by atomic mass is 32.1. The minimum Gasteiger partial charge on any atom is -0.469 e. The second-order valence-electron chi connectivity index (χ2n) is 12.6. The smallest absolute Gasteiger partial charge is 0.308 e. The van der Waals surface area contributed by atoms with Gasteiger partial charge in [-0.05, 0) is 61.1 Å². The molecule has 2 aliphatic rings. The van der Waals surface area contributed by atoms with Crippen LogP contribution in [-0.2, 0) is 36.7 Å². The molecule has 1 unspecified atom stereocenters. The number of rotatable bonds is 15. The molecule has 44 heavy (non-hydrogen) atoms. The number of ether oxygens (including phenoxy) is 2. The Morgan fingerprint density at radius 2 is 1.91 bits per heavy atom. The van der Waals surface area contributed by atoms with E-state index in [-0.39, 0.29) is 41.5 Å². The fraction of sp³-hybridized carbons (Fsp3) is 0.606. The molecule has 1 aliphatic heterocycles. The van der Waals surface area contributed by atoms with E-state index in [1.807, 2.05) is 27.0 Å². The maximum Gasteiger partial charge on any atom is 0.308 e. The van der Waals surface area contributed by atoms with Gasteiger partial charge in [-0.2, -0.15) is 0 Å². The zero-order valence-electron chi connectivity index (χ0n) is 26.7. The van der Waals surface area contributed by atoms with Crippen molar-refractivity contribution in [3.63, 3.8) is 0 Å². The van der Waals surface area contributed by atoms with Crippen molar-refractivity contribution in [2.75, 3.05) is 26.0 Å². The molecule has 2 N–H and O–H groups in total. The maximum atomic E-state index is 13.5. The van der Waals surface area contributed by atoms with E-state index in [0.717, 1.165) is 37.1 Å². The highest BCUT2D eigenvalue weighted by Crippen LogP contribution is 2.35. The second-order valence-corrected chi connectivity index (χ2v) is 13.5. The highest BCUT2D eigenvalue weighted by Gasteiger charge is 2.33. The minimum absolute atomic E-state index is 0.0961. The molecule has 11 heteroatoms. The summed E-state index contributed by atoms with van der Waals surface area (Å²) in [6, 6.07) is 5.75. The monoisotopic (exact) mass is 626 g/mol. The Morgan fingerprint density at radius 3 is 2.57 bits per heavy atom. The van der Waals surface area contributed by atoms with Crippen LogP contribution in [-0.4, -0.2) is 66.4 Å². The fourth-order valence-electron chi connectivity index (χ4n) is 5.88. The number of carbonyl (C=O) groups is 4. The van der Waals surface area contributed by atoms with Crippen LogP contribution in [0.15, 0.2) is 23.6 Å². The fourth-order valence-corrected chi connectivity index (χ4v) is 6.72. The molecule has 4 rings (SSSR count). The molecule has 1 aromatic carbocycles. The molecule has 240 valence electrons. The Kier molecular flexibility index (Phi) is 11.4. The third-order valence-electron chi connectivity index (χ3n) is 8.55. The Balaban J connectivity index is 1.49. The van der Waals surface area contributed by atoms with Crippen molar-refractivity contribution < 1.29 is 28.7 Å². The maximum absolute atomic E-state index is 13.5. The molecular weight excluding hydrogens is 580 g/mol. The summed E-state index contributed by atoms with van der Waals surface area (Å²) >= 11 is 1.26. The molecule has 1 aromatic heterocycles. The lowest BCUT2D eigenvalue weighted by Crippen LogP contribution is -2.42. The van der Waals surface area contributed by atoms with Crippen LogP contribution in [0.3, 0.4) is 0 Å². The molecule has 2 heterocycles. The van der Waals surface area contributed by atoms with Gasteiger partial charge in [-0.1, -0.05) is 32.9 Å². The number of carbonyl (C=O) groups excluding carboxylic acids is 4. The average molecular weight is 627 g/mol. The largest absolute Gasteiger partial charge is 0.469 e. The van der Waals surface area contributed by atoms with E-state index >= 15 is 0 Å². The number of nitrogens with one attached hydrogen (secondary N) is 2. The van der Waals surface area contributed by atoms with Crippen LogP contribution in [0.4, 0.5) is 5.69 Å². The van der Waals surface area contributed by atoms with Gasteiger partial charge in [0.15, 0.2) is 6.10 Å². The van der Waals surface area contributed by atoms with E-state index in [4.69, 9.17) is 9.47 Å². The van der Waals surface area contributed by atoms with Crippen LogP contribution in [0, 0.1) is 17.8 Å². The highest BCUT2D eigenvalue weighted by molar-refractivity contribution is 7.09. The molecule has 0 saturated heterocycles. The van der Waals surface area contributed by atoms with Gasteiger partial charge in [-0.15, -0.1) is 11.3 Å². The van der Waals surface area contributed by atoms with Gasteiger partial charge in [-0.25, -0.2) is 4.98 Å². The van der Waals surface area contributed by atoms with Gasteiger partial charge < -0.3 is 25.0 Å². The van der Waals surface area contributed by atoms with Crippen molar-refractivity contribution in [3.8, 4) is 0 Å². The first-order valence-corrected chi connectivity index (χ1v) is 16.5. The number of esters is 2. The van der Waals surface area contributed by atoms with Crippen molar-refractivity contribution in [2.24, 2.45) is 17.8 Å². The van der Waals surface area contributed by atoms with E-state index in [2.05, 4.69) is 27.8 Å². The second kappa shape index (κ2) is 15.0. The van der Waals surface area contributed by atoms with Crippen molar-refractivity contribution in [1.82, 2.24) is 15.2 Å². The van der Waals surface area contributed by atoms with Crippen LogP contribution in [0.1, 0.15) is 92.5 Å². The van der Waals surface area contributed by atoms with Gasteiger partial charge in [0.2, 0.25) is 5.91 Å². The molecule has 0 spiro atoms. The lowest BCUT2D eigenvalue weighted by molar-refractivity contribution is -0.148. The van der Waals surface area contributed by atoms with E-state index in [1.165, 1.54) is 30.9 Å². The Morgan fingerprint density at radius 1 is 1.16 bits per heavy atom. The molecule has 1 saturated carbocycles. The van der Waals surface area contributed by atoms with E-state index in [1.54, 1.807) is 17.2 Å². The summed E-state index contributed by atoms with van der Waals surface area (Å²) < 4.78 is 10.6. The van der Waals surface area contributed by atoms with Crippen LogP contribution in [0.5, 0.6) is 0 Å². The number of anilines is 1. The zero-order chi connectivity index (χ0) is 32.0. The van der Waals surface area contributed by atoms with E-state index < -0.39 is 18.0 Å². The summed E-state index contributed by atoms with van der Waals surface area (Å²) in [7, 11) is 3.18. The number of methoxy groups -OCH3 is 1. The SMILES string of the molecule is COC(=O)[C@@H](C)C[C@H](Cc1ccc2c(c1)CCN2)NC(=O)c1csc([C@@H](CC(C(C)C)N(C)C(=O)CC2CC2)OC(C)=O)n1. The van der Waals surface area contributed by atoms with Crippen molar-refractivity contribution >= 4 is 40.8 Å². The topological polar surface area (TPSA) is 127 Å². The quantitative estimate of drug-likeness (QED) is 0.267. The van der Waals surface area contributed by atoms with Gasteiger partial charge in [0.25, 0.3) is 5.91 Å². The number of aromatic nitrogens is 1. The number of amides is 2. The number of hydrogen-bond acceptors (Lipinski definition) is 9. The molecule has 10 nitrogen and oxygen atoms in total. The molecule has 1 aliphatic carbocycles. The zero-order valence-corrected chi connectivity index (χ0v) is 27.5. The number of hydrogen-bond donors (Lipinski definition) is 2. The lowest BCUT2D eigenvalue weighted by atomic mass is 9.95. The summed E-state index contributed by atoms with van der Waals surface area (Å²) in [5.41, 5.74) is 3.67. The first-order valence-electron chi connectivity index (χ1n) is 15.6. The number of thiazole rings is 1. The number of benzene rings is 1. The summed E-state index contributed by atoms with van der Waals surface area (Å²) in [5.74, 6) is -0.865. The number of fused-ring (bicyclic) bond motifs is 1. The van der Waals surface area contributed by atoms with E-state index in [9.17, 15) is 19.2 Å². The molecule has 0 bridgehead atoms. The lowest BCUT2D eigenvalue weighted by Gasteiger charge is -2.33. The third kappa shape index (κ3) is 9.03. The minimum atomic E-state index is -0.696. The van der Waals surface area contributed by atoms with Crippen molar-refractivity contribution in [3.05, 3.63) is 45.4 Å². The number of nitrogens with zero attached hydrogens (tertiary/aromatic N) is 2. The summed E-state index contributed by atoms with van der Waals surface area (Å²) in [6.07, 6.45) is 4.31. The van der Waals surface area contributed by atoms with Gasteiger partial charge in [-0.3, -0.25) is 19.2 Å². The van der Waals surface area contributed by atoms with Crippen molar-refractivity contribution in [1.29, 1.82) is 0 Å². The molecule has 4 atom stereocenters. The Bertz CT molecular complexity index is 1340. The van der Waals surface area contributed by atoms with Gasteiger partial charge in [0.1, 0.15) is 10.7 Å². The normalized spacial score (nSPS) is 16.7. The van der Waals surface area contributed by atoms with Crippen LogP contribution in [0.25, 0.3) is 0 Å². The molecule has 2 aromatic rings. The Hall–Kier alpha value is -3.47. The predicted molar refractivity (Wildman–Crippen MR) is 169 cm³/mol. The molecular formula is C33H46N4O6S. The average Bonchev–Trinajstić information content (AvgIpc) is 3.44. The van der Waals surface area contributed by atoms with Gasteiger partial charge >= 0.3 is 11.9 Å². The Labute approximate surface area is 264 Å². The standard InChI is InChI=1S/C33H46N4O6S/c1-19(2)28(37(5)30(39)16-22-7-8-22)17-29(43-21(4)38)32-36-27(18-44-32)31(40)35-25(13-20(3)33(41)42-6)15-23-9-10-26-24(14-23)11-12-34-26/h9-10,14,18-20,22,25,28-29,34H,7-8,11-13,15-17H2,1-6H3,(H,35,40)/t20-,25+,28?,29+/m0/s1. The summed E-state index contributed by atoms with van der Waals surface area (Å²) in [4.78, 5) is 57.1. The molecule has 1 fully saturated rings. The summed E-state index contributed by atoms with van der Waals surface area (Å²) in [5, 5.41) is 8.62. The van der Waals surface area contributed by atoms with Crippen LogP contribution in [0.2, 0.25) is 0 Å². The van der Waals surface area contributed by atoms with Crippen LogP contribution >= 0.6 is 11.3 Å². The van der Waals surface area contributed by atoms with Gasteiger partial charge in [0.05, 0.1) is 13.0 Å². The molecule has 2 amide bonds. The molecule has 0 radical (unpaired) electrons.